The van der Waals surface area contributed by atoms with Gasteiger partial charge in [-0.05, 0) is 45.2 Å². The van der Waals surface area contributed by atoms with E-state index < -0.39 is 0 Å². The molecule has 1 N–H and O–H groups in total. The molecule has 0 aliphatic rings. The largest absolute Gasteiger partial charge is 0.338 e. The molecule has 0 aliphatic carbocycles. The van der Waals surface area contributed by atoms with Gasteiger partial charge in [-0.2, -0.15) is 9.97 Å². The van der Waals surface area contributed by atoms with Crippen molar-refractivity contribution in [3.8, 4) is 11.5 Å². The Bertz CT molecular complexity index is 790. The normalized spacial score (nSPS) is 12.0. The van der Waals surface area contributed by atoms with Crippen LogP contribution in [-0.4, -0.2) is 33.4 Å². The van der Waals surface area contributed by atoms with Crippen LogP contribution in [0.3, 0.4) is 0 Å². The molecule has 0 radical (unpaired) electrons. The molecule has 0 amide bonds. The van der Waals surface area contributed by atoms with Crippen LogP contribution in [-0.2, 0) is 12.2 Å². The highest BCUT2D eigenvalue weighted by atomic mass is 35.5. The third-order valence-electron chi connectivity index (χ3n) is 3.48. The molecule has 7 nitrogen and oxygen atoms in total. The standard InChI is InChI=1S/C16H19N5O2S.ClH/c1-10(17-3)8-14-19-16(23-21-14)12-4-6-13(7-5-12)24-9-15-18-11(2)20-22-15;/h4-7,10,17H,8-9H2,1-3H3;1H. The van der Waals surface area contributed by atoms with Gasteiger partial charge in [0.25, 0.3) is 5.89 Å². The predicted octanol–water partition coefficient (Wildman–Crippen LogP) is 3.29. The lowest BCUT2D eigenvalue weighted by atomic mass is 10.2. The Labute approximate surface area is 156 Å². The van der Waals surface area contributed by atoms with Gasteiger partial charge in [-0.15, -0.1) is 24.2 Å². The van der Waals surface area contributed by atoms with Gasteiger partial charge in [0.15, 0.2) is 11.6 Å². The Balaban J connectivity index is 0.00000225. The van der Waals surface area contributed by atoms with Crippen LogP contribution in [0.5, 0.6) is 0 Å². The summed E-state index contributed by atoms with van der Waals surface area (Å²) in [7, 11) is 1.91. The van der Waals surface area contributed by atoms with Crippen molar-refractivity contribution in [1.29, 1.82) is 0 Å². The Kier molecular flexibility index (Phi) is 6.98. The highest BCUT2D eigenvalue weighted by Gasteiger charge is 2.11. The SMILES string of the molecule is CNC(C)Cc1noc(-c2ccc(SCc3nc(C)no3)cc2)n1.Cl. The van der Waals surface area contributed by atoms with Crippen LogP contribution < -0.4 is 5.32 Å². The summed E-state index contributed by atoms with van der Waals surface area (Å²) < 4.78 is 10.4. The van der Waals surface area contributed by atoms with Gasteiger partial charge < -0.3 is 14.4 Å². The Morgan fingerprint density at radius 3 is 2.52 bits per heavy atom. The van der Waals surface area contributed by atoms with E-state index in [1.54, 1.807) is 11.8 Å². The molecule has 134 valence electrons. The van der Waals surface area contributed by atoms with E-state index >= 15 is 0 Å². The van der Waals surface area contributed by atoms with E-state index in [0.29, 0.717) is 35.2 Å². The van der Waals surface area contributed by atoms with E-state index in [4.69, 9.17) is 9.05 Å². The smallest absolute Gasteiger partial charge is 0.257 e. The summed E-state index contributed by atoms with van der Waals surface area (Å²) in [5.74, 6) is 3.17. The number of hydrogen-bond donors (Lipinski definition) is 1. The fraction of sp³-hybridized carbons (Fsp3) is 0.375. The summed E-state index contributed by atoms with van der Waals surface area (Å²) in [6.07, 6.45) is 0.734. The molecule has 1 aromatic carbocycles. The van der Waals surface area contributed by atoms with E-state index in [0.717, 1.165) is 16.9 Å². The van der Waals surface area contributed by atoms with Crippen LogP contribution in [0.25, 0.3) is 11.5 Å². The van der Waals surface area contributed by atoms with E-state index in [-0.39, 0.29) is 12.4 Å². The van der Waals surface area contributed by atoms with Crippen LogP contribution >= 0.6 is 24.2 Å². The quantitative estimate of drug-likeness (QED) is 0.623. The summed E-state index contributed by atoms with van der Waals surface area (Å²) >= 11 is 1.64. The number of aromatic nitrogens is 4. The molecule has 1 atom stereocenters. The summed E-state index contributed by atoms with van der Waals surface area (Å²) in [5, 5.41) is 11.0. The van der Waals surface area contributed by atoms with E-state index in [2.05, 4.69) is 32.5 Å². The lowest BCUT2D eigenvalue weighted by Crippen LogP contribution is -2.24. The third kappa shape index (κ3) is 5.29. The van der Waals surface area contributed by atoms with Gasteiger partial charge in [0.05, 0.1) is 5.75 Å². The first-order valence-electron chi connectivity index (χ1n) is 7.66. The summed E-state index contributed by atoms with van der Waals surface area (Å²) in [6.45, 7) is 3.88. The van der Waals surface area contributed by atoms with Gasteiger partial charge in [-0.1, -0.05) is 10.3 Å². The maximum absolute atomic E-state index is 5.34. The van der Waals surface area contributed by atoms with Crippen LogP contribution in [0.4, 0.5) is 0 Å². The molecule has 2 aromatic heterocycles. The van der Waals surface area contributed by atoms with Gasteiger partial charge >= 0.3 is 0 Å². The van der Waals surface area contributed by atoms with Crippen molar-refractivity contribution in [3.05, 3.63) is 41.8 Å². The first-order valence-corrected chi connectivity index (χ1v) is 8.65. The molecule has 9 heteroatoms. The molecular weight excluding hydrogens is 362 g/mol. The van der Waals surface area contributed by atoms with Crippen molar-refractivity contribution in [2.75, 3.05) is 7.05 Å². The van der Waals surface area contributed by atoms with Crippen LogP contribution in [0, 0.1) is 6.92 Å². The number of thioether (sulfide) groups is 1. The van der Waals surface area contributed by atoms with Gasteiger partial charge in [0.2, 0.25) is 5.89 Å². The number of nitrogens with zero attached hydrogens (tertiary/aromatic N) is 4. The number of rotatable bonds is 7. The molecule has 25 heavy (non-hydrogen) atoms. The second kappa shape index (κ2) is 8.98. The maximum atomic E-state index is 5.34. The number of benzene rings is 1. The number of hydrogen-bond acceptors (Lipinski definition) is 8. The molecule has 0 saturated heterocycles. The van der Waals surface area contributed by atoms with Gasteiger partial charge in [-0.25, -0.2) is 0 Å². The fourth-order valence-corrected chi connectivity index (χ4v) is 2.80. The van der Waals surface area contributed by atoms with Crippen LogP contribution in [0.2, 0.25) is 0 Å². The van der Waals surface area contributed by atoms with Crippen molar-refractivity contribution in [3.63, 3.8) is 0 Å². The number of likely N-dealkylation sites (N-methyl/N-ethyl adjacent to an activating group) is 1. The van der Waals surface area contributed by atoms with Crippen LogP contribution in [0.15, 0.2) is 38.2 Å². The Morgan fingerprint density at radius 1 is 1.12 bits per heavy atom. The zero-order valence-corrected chi connectivity index (χ0v) is 15.9. The minimum absolute atomic E-state index is 0. The van der Waals surface area contributed by atoms with Crippen molar-refractivity contribution in [1.82, 2.24) is 25.6 Å². The molecule has 0 saturated carbocycles. The minimum atomic E-state index is 0. The second-order valence-electron chi connectivity index (χ2n) is 5.46. The first-order chi connectivity index (χ1) is 11.6. The van der Waals surface area contributed by atoms with Crippen LogP contribution in [0.1, 0.15) is 24.5 Å². The lowest BCUT2D eigenvalue weighted by molar-refractivity contribution is 0.387. The fourth-order valence-electron chi connectivity index (χ4n) is 2.07. The predicted molar refractivity (Wildman–Crippen MR) is 97.8 cm³/mol. The average Bonchev–Trinajstić information content (AvgIpc) is 3.22. The van der Waals surface area contributed by atoms with Gasteiger partial charge in [0, 0.05) is 22.9 Å². The monoisotopic (exact) mass is 381 g/mol. The maximum Gasteiger partial charge on any atom is 0.257 e. The number of nitrogens with one attached hydrogen (secondary N) is 1. The Hall–Kier alpha value is -1.90. The van der Waals surface area contributed by atoms with Crippen molar-refractivity contribution < 1.29 is 9.05 Å². The van der Waals surface area contributed by atoms with Gasteiger partial charge in [-0.3, -0.25) is 0 Å². The molecule has 3 aromatic rings. The average molecular weight is 382 g/mol. The highest BCUT2D eigenvalue weighted by molar-refractivity contribution is 7.98. The zero-order chi connectivity index (χ0) is 16.9. The van der Waals surface area contributed by atoms with Crippen molar-refractivity contribution in [2.24, 2.45) is 0 Å². The summed E-state index contributed by atoms with van der Waals surface area (Å²) in [6, 6.07) is 8.29. The molecular formula is C16H20ClN5O2S. The Morgan fingerprint density at radius 2 is 1.88 bits per heavy atom. The molecule has 0 spiro atoms. The summed E-state index contributed by atoms with van der Waals surface area (Å²) in [4.78, 5) is 9.73. The molecule has 2 heterocycles. The minimum Gasteiger partial charge on any atom is -0.338 e. The topological polar surface area (TPSA) is 89.9 Å². The molecule has 0 fully saturated rings. The lowest BCUT2D eigenvalue weighted by Gasteiger charge is -2.04. The number of halogens is 1. The number of aryl methyl sites for hydroxylation is 1. The van der Waals surface area contributed by atoms with Crippen molar-refractivity contribution in [2.45, 2.75) is 37.0 Å². The molecule has 0 aliphatic heterocycles. The van der Waals surface area contributed by atoms with E-state index in [1.807, 2.05) is 38.2 Å². The third-order valence-corrected chi connectivity index (χ3v) is 4.48. The summed E-state index contributed by atoms with van der Waals surface area (Å²) in [5.41, 5.74) is 0.906. The first kappa shape index (κ1) is 19.4. The zero-order valence-electron chi connectivity index (χ0n) is 14.2. The van der Waals surface area contributed by atoms with E-state index in [1.165, 1.54) is 0 Å². The van der Waals surface area contributed by atoms with E-state index in [9.17, 15) is 0 Å². The molecule has 0 bridgehead atoms. The van der Waals surface area contributed by atoms with Crippen molar-refractivity contribution >= 4 is 24.2 Å². The molecule has 3 rings (SSSR count). The van der Waals surface area contributed by atoms with Gasteiger partial charge in [0.1, 0.15) is 0 Å². The highest BCUT2D eigenvalue weighted by Crippen LogP contribution is 2.25. The second-order valence-corrected chi connectivity index (χ2v) is 6.51. The molecule has 1 unspecified atom stereocenters.